The highest BCUT2D eigenvalue weighted by atomic mass is 14.7. The molecule has 0 aliphatic carbocycles. The van der Waals surface area contributed by atoms with Crippen molar-refractivity contribution in [3.05, 3.63) is 0 Å². The number of hydrogen-bond donors (Lipinski definition) is 0. The van der Waals surface area contributed by atoms with Crippen LogP contribution in [0.3, 0.4) is 0 Å². The first-order valence-electron chi connectivity index (χ1n) is 5.98. The van der Waals surface area contributed by atoms with Gasteiger partial charge in [0.1, 0.15) is 0 Å². The summed E-state index contributed by atoms with van der Waals surface area (Å²) in [6.07, 6.45) is 16.0. The van der Waals surface area contributed by atoms with Crippen molar-refractivity contribution < 1.29 is 0 Å². The molecule has 0 spiro atoms. The van der Waals surface area contributed by atoms with Gasteiger partial charge in [0, 0.05) is 6.54 Å². The third kappa shape index (κ3) is 6.80. The molecular formula is C12H23N. The summed E-state index contributed by atoms with van der Waals surface area (Å²) in [5.74, 6) is 0. The van der Waals surface area contributed by atoms with Crippen LogP contribution < -0.4 is 0 Å². The maximum atomic E-state index is 4.41. The van der Waals surface area contributed by atoms with Crippen molar-refractivity contribution in [2.75, 3.05) is 6.54 Å². The number of rotatable bonds is 0. The molecule has 1 nitrogen and oxygen atoms in total. The molecule has 1 rings (SSSR count). The van der Waals surface area contributed by atoms with Crippen molar-refractivity contribution in [2.45, 2.75) is 64.2 Å². The van der Waals surface area contributed by atoms with E-state index in [1.807, 2.05) is 0 Å². The molecule has 0 aromatic carbocycles. The first-order chi connectivity index (χ1) is 6.50. The average Bonchev–Trinajstić information content (AvgIpc) is 2.18. The van der Waals surface area contributed by atoms with Crippen molar-refractivity contribution >= 4 is 6.21 Å². The van der Waals surface area contributed by atoms with Gasteiger partial charge in [-0.1, -0.05) is 44.9 Å². The van der Waals surface area contributed by atoms with Gasteiger partial charge in [0.15, 0.2) is 0 Å². The smallest absolute Gasteiger partial charge is 0.0385 e. The summed E-state index contributed by atoms with van der Waals surface area (Å²) >= 11 is 0. The fraction of sp³-hybridized carbons (Fsp3) is 0.917. The number of nitrogens with zero attached hydrogens (tertiary/aromatic N) is 1. The van der Waals surface area contributed by atoms with E-state index >= 15 is 0 Å². The van der Waals surface area contributed by atoms with Crippen LogP contribution in [0.15, 0.2) is 4.99 Å². The Morgan fingerprint density at radius 2 is 1.15 bits per heavy atom. The maximum Gasteiger partial charge on any atom is 0.0385 e. The van der Waals surface area contributed by atoms with Crippen molar-refractivity contribution in [1.82, 2.24) is 0 Å². The molecule has 0 aromatic rings. The predicted molar refractivity (Wildman–Crippen MR) is 59.5 cm³/mol. The first-order valence-corrected chi connectivity index (χ1v) is 5.98. The van der Waals surface area contributed by atoms with Crippen molar-refractivity contribution in [2.24, 2.45) is 4.99 Å². The molecule has 1 aliphatic rings. The van der Waals surface area contributed by atoms with E-state index in [-0.39, 0.29) is 0 Å². The number of hydrogen-bond acceptors (Lipinski definition) is 1. The second kappa shape index (κ2) is 8.28. The summed E-state index contributed by atoms with van der Waals surface area (Å²) in [7, 11) is 0. The molecule has 1 heterocycles. The Morgan fingerprint density at radius 1 is 0.615 bits per heavy atom. The highest BCUT2D eigenvalue weighted by Crippen LogP contribution is 2.10. The number of aliphatic imine (C=N–C) groups is 1. The Bertz CT molecular complexity index is 115. The van der Waals surface area contributed by atoms with Gasteiger partial charge in [-0.15, -0.1) is 0 Å². The van der Waals surface area contributed by atoms with E-state index in [9.17, 15) is 0 Å². The van der Waals surface area contributed by atoms with Gasteiger partial charge in [-0.05, 0) is 25.5 Å². The van der Waals surface area contributed by atoms with Crippen LogP contribution in [0.25, 0.3) is 0 Å². The van der Waals surface area contributed by atoms with Gasteiger partial charge >= 0.3 is 0 Å². The van der Waals surface area contributed by atoms with E-state index in [1.54, 1.807) is 0 Å². The van der Waals surface area contributed by atoms with Crippen molar-refractivity contribution in [3.63, 3.8) is 0 Å². The molecule has 0 unspecified atom stereocenters. The Hall–Kier alpha value is -0.330. The van der Waals surface area contributed by atoms with Crippen LogP contribution in [0.1, 0.15) is 64.2 Å². The minimum atomic E-state index is 1.07. The summed E-state index contributed by atoms with van der Waals surface area (Å²) in [4.78, 5) is 4.41. The molecule has 0 saturated heterocycles. The molecule has 0 aromatic heterocycles. The molecule has 0 bridgehead atoms. The second-order valence-electron chi connectivity index (χ2n) is 4.06. The first kappa shape index (κ1) is 10.7. The predicted octanol–water partition coefficient (Wildman–Crippen LogP) is 3.97. The minimum absolute atomic E-state index is 1.07. The molecule has 13 heavy (non-hydrogen) atoms. The van der Waals surface area contributed by atoms with Crippen LogP contribution in [-0.4, -0.2) is 12.8 Å². The summed E-state index contributed by atoms with van der Waals surface area (Å²) in [5.41, 5.74) is 0. The molecule has 1 heteroatoms. The van der Waals surface area contributed by atoms with Crippen LogP contribution in [0.2, 0.25) is 0 Å². The maximum absolute atomic E-state index is 4.41. The van der Waals surface area contributed by atoms with E-state index in [0.29, 0.717) is 0 Å². The molecular weight excluding hydrogens is 158 g/mol. The summed E-state index contributed by atoms with van der Waals surface area (Å²) in [6.45, 7) is 1.07. The summed E-state index contributed by atoms with van der Waals surface area (Å²) in [6, 6.07) is 0. The normalized spacial score (nSPS) is 22.8. The third-order valence-electron chi connectivity index (χ3n) is 2.75. The van der Waals surface area contributed by atoms with Gasteiger partial charge in [0.25, 0.3) is 0 Å². The Kier molecular flexibility index (Phi) is 6.84. The molecule has 0 amide bonds. The average molecular weight is 181 g/mol. The van der Waals surface area contributed by atoms with Gasteiger partial charge in [-0.3, -0.25) is 4.99 Å². The van der Waals surface area contributed by atoms with Crippen LogP contribution in [0, 0.1) is 0 Å². The van der Waals surface area contributed by atoms with Gasteiger partial charge in [0.2, 0.25) is 0 Å². The van der Waals surface area contributed by atoms with Gasteiger partial charge in [-0.2, -0.15) is 0 Å². The van der Waals surface area contributed by atoms with Crippen LogP contribution >= 0.6 is 0 Å². The fourth-order valence-electron chi connectivity index (χ4n) is 1.86. The summed E-state index contributed by atoms with van der Waals surface area (Å²) in [5, 5.41) is 0. The molecule has 1 aliphatic heterocycles. The van der Waals surface area contributed by atoms with Crippen molar-refractivity contribution in [3.8, 4) is 0 Å². The van der Waals surface area contributed by atoms with E-state index in [1.165, 1.54) is 64.2 Å². The Labute approximate surface area is 82.6 Å². The lowest BCUT2D eigenvalue weighted by Crippen LogP contribution is -1.83. The van der Waals surface area contributed by atoms with E-state index in [2.05, 4.69) is 11.2 Å². The SMILES string of the molecule is C1=NCCCCCCCCCCC1. The topological polar surface area (TPSA) is 12.4 Å². The lowest BCUT2D eigenvalue weighted by atomic mass is 10.1. The molecule has 0 fully saturated rings. The molecule has 76 valence electrons. The van der Waals surface area contributed by atoms with E-state index in [0.717, 1.165) is 6.54 Å². The van der Waals surface area contributed by atoms with E-state index < -0.39 is 0 Å². The monoisotopic (exact) mass is 181 g/mol. The highest BCUT2D eigenvalue weighted by Gasteiger charge is 1.93. The minimum Gasteiger partial charge on any atom is -0.298 e. The van der Waals surface area contributed by atoms with E-state index in [4.69, 9.17) is 0 Å². The third-order valence-corrected chi connectivity index (χ3v) is 2.75. The quantitative estimate of drug-likeness (QED) is 0.536. The lowest BCUT2D eigenvalue weighted by molar-refractivity contribution is 0.567. The summed E-state index contributed by atoms with van der Waals surface area (Å²) < 4.78 is 0. The standard InChI is InChI=1S/C12H23N/c1-2-4-6-8-10-12-13-11-9-7-5-3-1/h11H,1-10,12H2. The fourth-order valence-corrected chi connectivity index (χ4v) is 1.86. The highest BCUT2D eigenvalue weighted by molar-refractivity contribution is 5.56. The van der Waals surface area contributed by atoms with Crippen LogP contribution in [-0.2, 0) is 0 Å². The van der Waals surface area contributed by atoms with Gasteiger partial charge in [-0.25, -0.2) is 0 Å². The van der Waals surface area contributed by atoms with Gasteiger partial charge in [0.05, 0.1) is 0 Å². The molecule has 0 atom stereocenters. The molecule has 0 N–H and O–H groups in total. The Balaban J connectivity index is 2.09. The zero-order valence-electron chi connectivity index (χ0n) is 8.80. The zero-order chi connectivity index (χ0) is 9.19. The zero-order valence-corrected chi connectivity index (χ0v) is 8.80. The Morgan fingerprint density at radius 3 is 1.85 bits per heavy atom. The largest absolute Gasteiger partial charge is 0.298 e. The van der Waals surface area contributed by atoms with Crippen LogP contribution in [0.5, 0.6) is 0 Å². The molecule has 0 radical (unpaired) electrons. The second-order valence-corrected chi connectivity index (χ2v) is 4.06. The van der Waals surface area contributed by atoms with Crippen LogP contribution in [0.4, 0.5) is 0 Å². The molecule has 0 saturated carbocycles. The van der Waals surface area contributed by atoms with Crippen molar-refractivity contribution in [1.29, 1.82) is 0 Å². The van der Waals surface area contributed by atoms with Gasteiger partial charge < -0.3 is 0 Å². The lowest BCUT2D eigenvalue weighted by Gasteiger charge is -1.99.